The van der Waals surface area contributed by atoms with Crippen LogP contribution in [0.15, 0.2) is 30.2 Å². The molecule has 9 heavy (non-hydrogen) atoms. The molecule has 0 saturated carbocycles. The quantitative estimate of drug-likeness (QED) is 0.494. The molecule has 0 heteroatoms. The van der Waals surface area contributed by atoms with E-state index in [1.807, 2.05) is 0 Å². The fraction of sp³-hybridized carbons (Fsp3) is 0.111. The van der Waals surface area contributed by atoms with E-state index < -0.39 is 0 Å². The SMILES string of the molecule is [2H]C1=C([2H])c2cc([2H])c([2H])c([2H])c2C1. The van der Waals surface area contributed by atoms with E-state index in [1.54, 1.807) is 0 Å². The highest BCUT2D eigenvalue weighted by Crippen LogP contribution is 2.17. The molecule has 2 rings (SSSR count). The summed E-state index contributed by atoms with van der Waals surface area (Å²) in [6.45, 7) is 0. The fourth-order valence-electron chi connectivity index (χ4n) is 0.853. The van der Waals surface area contributed by atoms with E-state index in [9.17, 15) is 0 Å². The summed E-state index contributed by atoms with van der Waals surface area (Å²) in [5.41, 5.74) is 1.02. The summed E-state index contributed by atoms with van der Waals surface area (Å²) in [4.78, 5) is 0. The summed E-state index contributed by atoms with van der Waals surface area (Å²) >= 11 is 0. The highest BCUT2D eigenvalue weighted by Gasteiger charge is 2.00. The number of hydrogen-bond donors (Lipinski definition) is 0. The van der Waals surface area contributed by atoms with Crippen molar-refractivity contribution in [1.82, 2.24) is 0 Å². The smallest absolute Gasteiger partial charge is 0.0626 e. The van der Waals surface area contributed by atoms with Gasteiger partial charge < -0.3 is 0 Å². The molecule has 0 N–H and O–H groups in total. The van der Waals surface area contributed by atoms with Crippen LogP contribution in [-0.2, 0) is 6.42 Å². The molecule has 44 valence electrons. The van der Waals surface area contributed by atoms with Crippen molar-refractivity contribution >= 4 is 6.05 Å². The molecule has 0 bridgehead atoms. The van der Waals surface area contributed by atoms with Gasteiger partial charge in [0.1, 0.15) is 0 Å². The monoisotopic (exact) mass is 121 g/mol. The van der Waals surface area contributed by atoms with Gasteiger partial charge in [0.25, 0.3) is 0 Å². The molecule has 1 aliphatic carbocycles. The molecule has 0 aromatic heterocycles. The maximum absolute atomic E-state index is 7.60. The van der Waals surface area contributed by atoms with Crippen molar-refractivity contribution < 1.29 is 6.85 Å². The second-order valence-electron chi connectivity index (χ2n) is 1.91. The van der Waals surface area contributed by atoms with Gasteiger partial charge in [0.2, 0.25) is 0 Å². The Balaban J connectivity index is 2.72. The number of fused-ring (bicyclic) bond motifs is 1. The normalized spacial score (nSPS) is 23.8. The van der Waals surface area contributed by atoms with Crippen LogP contribution in [0.25, 0.3) is 6.05 Å². The summed E-state index contributed by atoms with van der Waals surface area (Å²) in [5.74, 6) is 0. The van der Waals surface area contributed by atoms with Gasteiger partial charge in [-0.15, -0.1) is 0 Å². The average molecular weight is 121 g/mol. The van der Waals surface area contributed by atoms with Crippen LogP contribution in [0.4, 0.5) is 0 Å². The Hall–Kier alpha value is -1.04. The van der Waals surface area contributed by atoms with Crippen LogP contribution in [0.1, 0.15) is 18.0 Å². The zero-order chi connectivity index (χ0) is 10.5. The topological polar surface area (TPSA) is 0 Å². The van der Waals surface area contributed by atoms with Gasteiger partial charge in [-0.3, -0.25) is 0 Å². The molecule has 0 fully saturated rings. The molecule has 1 aliphatic rings. The van der Waals surface area contributed by atoms with Crippen LogP contribution >= 0.6 is 0 Å². The third-order valence-corrected chi connectivity index (χ3v) is 1.32. The first-order chi connectivity index (χ1) is 6.52. The van der Waals surface area contributed by atoms with Gasteiger partial charge >= 0.3 is 0 Å². The van der Waals surface area contributed by atoms with Crippen molar-refractivity contribution in [1.29, 1.82) is 0 Å². The second kappa shape index (κ2) is 1.73. The number of hydrogen-bond acceptors (Lipinski definition) is 0. The maximum Gasteiger partial charge on any atom is 0.0626 e. The van der Waals surface area contributed by atoms with Gasteiger partial charge in [-0.1, -0.05) is 36.3 Å². The van der Waals surface area contributed by atoms with Crippen LogP contribution < -0.4 is 0 Å². The van der Waals surface area contributed by atoms with Crippen LogP contribution in [-0.4, -0.2) is 0 Å². The standard InChI is InChI=1S/C9H8/c1-2-5-9-7-3-6-8(9)4-1/h1-6H,7H2/i1D,2D,3D,5D,6D. The van der Waals surface area contributed by atoms with Crippen LogP contribution in [0.2, 0.25) is 0 Å². The maximum atomic E-state index is 7.60. The number of rotatable bonds is 0. The minimum absolute atomic E-state index is 0.0144. The first kappa shape index (κ1) is 1.98. The molecule has 1 aromatic rings. The Labute approximate surface area is 61.9 Å². The molecule has 0 saturated heterocycles. The predicted molar refractivity (Wildman–Crippen MR) is 39.2 cm³/mol. The van der Waals surface area contributed by atoms with Crippen molar-refractivity contribution in [2.45, 2.75) is 6.42 Å². The Morgan fingerprint density at radius 3 is 3.44 bits per heavy atom. The van der Waals surface area contributed by atoms with E-state index in [4.69, 9.17) is 6.85 Å². The van der Waals surface area contributed by atoms with E-state index >= 15 is 0 Å². The molecular formula is C9H8. The van der Waals surface area contributed by atoms with E-state index in [0.717, 1.165) is 0 Å². The van der Waals surface area contributed by atoms with Crippen LogP contribution in [0.3, 0.4) is 0 Å². The van der Waals surface area contributed by atoms with Crippen molar-refractivity contribution in [2.75, 3.05) is 0 Å². The predicted octanol–water partition coefficient (Wildman–Crippen LogP) is 2.26. The molecule has 0 radical (unpaired) electrons. The lowest BCUT2D eigenvalue weighted by Gasteiger charge is -1.93. The highest BCUT2D eigenvalue weighted by atomic mass is 14.0. The lowest BCUT2D eigenvalue weighted by molar-refractivity contribution is 1.31. The molecule has 0 spiro atoms. The van der Waals surface area contributed by atoms with E-state index in [-0.39, 0.29) is 36.7 Å². The average Bonchev–Trinajstić information content (AvgIpc) is 2.42. The van der Waals surface area contributed by atoms with Crippen molar-refractivity contribution in [2.24, 2.45) is 0 Å². The molecule has 0 aliphatic heterocycles. The lowest BCUT2D eigenvalue weighted by atomic mass is 10.1. The minimum atomic E-state index is -0.119. The van der Waals surface area contributed by atoms with Crippen LogP contribution in [0.5, 0.6) is 0 Å². The Morgan fingerprint density at radius 2 is 2.44 bits per heavy atom. The molecule has 0 unspecified atom stereocenters. The molecule has 0 atom stereocenters. The van der Waals surface area contributed by atoms with Crippen molar-refractivity contribution in [3.63, 3.8) is 0 Å². The second-order valence-corrected chi connectivity index (χ2v) is 1.91. The molecule has 0 nitrogen and oxygen atoms in total. The first-order valence-electron chi connectivity index (χ1n) is 5.28. The summed E-state index contributed by atoms with van der Waals surface area (Å²) in [7, 11) is 0. The van der Waals surface area contributed by atoms with Gasteiger partial charge in [-0.25, -0.2) is 0 Å². The van der Waals surface area contributed by atoms with Gasteiger partial charge in [0.05, 0.1) is 6.85 Å². The highest BCUT2D eigenvalue weighted by molar-refractivity contribution is 5.59. The largest absolute Gasteiger partial charge is 0.0795 e. The zero-order valence-electron chi connectivity index (χ0n) is 9.78. The van der Waals surface area contributed by atoms with Crippen molar-refractivity contribution in [3.8, 4) is 0 Å². The summed E-state index contributed by atoms with van der Waals surface area (Å²) in [6.07, 6.45) is 0.249. The third kappa shape index (κ3) is 0.672. The molecule has 1 aromatic carbocycles. The molecule has 0 amide bonds. The van der Waals surface area contributed by atoms with E-state index in [0.29, 0.717) is 11.1 Å². The Bertz CT molecular complexity index is 447. The third-order valence-electron chi connectivity index (χ3n) is 1.32. The fourth-order valence-corrected chi connectivity index (χ4v) is 0.853. The summed E-state index contributed by atoms with van der Waals surface area (Å²) in [6, 6.07) is 1.47. The van der Waals surface area contributed by atoms with Gasteiger partial charge in [-0.2, -0.15) is 0 Å². The Morgan fingerprint density at radius 1 is 1.44 bits per heavy atom. The van der Waals surface area contributed by atoms with Crippen molar-refractivity contribution in [3.05, 3.63) is 41.4 Å². The summed E-state index contributed by atoms with van der Waals surface area (Å²) < 4.78 is 37.4. The van der Waals surface area contributed by atoms with E-state index in [1.165, 1.54) is 6.07 Å². The Kier molecular flexibility index (Phi) is 0.380. The first-order valence-corrected chi connectivity index (χ1v) is 2.78. The van der Waals surface area contributed by atoms with Gasteiger partial charge in [0.15, 0.2) is 0 Å². The van der Waals surface area contributed by atoms with Gasteiger partial charge in [0, 0.05) is 0 Å². The molecule has 0 heterocycles. The van der Waals surface area contributed by atoms with E-state index in [2.05, 4.69) is 0 Å². The number of benzene rings is 1. The zero-order valence-corrected chi connectivity index (χ0v) is 4.78. The lowest BCUT2D eigenvalue weighted by Crippen LogP contribution is -1.76. The minimum Gasteiger partial charge on any atom is -0.0795 e. The summed E-state index contributed by atoms with van der Waals surface area (Å²) in [5, 5.41) is 0. The van der Waals surface area contributed by atoms with Gasteiger partial charge in [-0.05, 0) is 17.5 Å². The number of allylic oxidation sites excluding steroid dienone is 1. The molecular weight excluding hydrogens is 108 g/mol. The van der Waals surface area contributed by atoms with Crippen LogP contribution in [0, 0.1) is 0 Å².